The van der Waals surface area contributed by atoms with Crippen molar-refractivity contribution >= 4 is 17.1 Å². The van der Waals surface area contributed by atoms with E-state index in [-0.39, 0.29) is 0 Å². The first-order chi connectivity index (χ1) is 11.1. The van der Waals surface area contributed by atoms with E-state index in [9.17, 15) is 0 Å². The molecule has 0 unspecified atom stereocenters. The standard InChI is InChI=1S/C20H25N3/c1-4-23-13-15-9-5-6-10-16(15)20(22-14(2)3)19(21)17-11-7-8-12-18(17)23/h5-12,14,22H,4,13,21H2,1-3H3/b20-19-. The molecule has 120 valence electrons. The van der Waals surface area contributed by atoms with E-state index >= 15 is 0 Å². The normalized spacial score (nSPS) is 17.3. The highest BCUT2D eigenvalue weighted by atomic mass is 15.1. The zero-order valence-corrected chi connectivity index (χ0v) is 14.1. The molecule has 3 rings (SSSR count). The van der Waals surface area contributed by atoms with Gasteiger partial charge in [-0.2, -0.15) is 0 Å². The predicted octanol–water partition coefficient (Wildman–Crippen LogP) is 3.81. The van der Waals surface area contributed by atoms with E-state index in [1.165, 1.54) is 16.8 Å². The highest BCUT2D eigenvalue weighted by molar-refractivity contribution is 5.93. The lowest BCUT2D eigenvalue weighted by Crippen LogP contribution is -2.30. The number of nitrogens with zero attached hydrogens (tertiary/aromatic N) is 1. The summed E-state index contributed by atoms with van der Waals surface area (Å²) in [6.07, 6.45) is 0. The average Bonchev–Trinajstić information content (AvgIpc) is 2.56. The van der Waals surface area contributed by atoms with Gasteiger partial charge in [0, 0.05) is 35.9 Å². The fourth-order valence-corrected chi connectivity index (χ4v) is 3.18. The van der Waals surface area contributed by atoms with Gasteiger partial charge in [0.25, 0.3) is 0 Å². The summed E-state index contributed by atoms with van der Waals surface area (Å²) in [5.74, 6) is 0. The van der Waals surface area contributed by atoms with Crippen LogP contribution in [0.3, 0.4) is 0 Å². The molecule has 0 radical (unpaired) electrons. The quantitative estimate of drug-likeness (QED) is 0.906. The van der Waals surface area contributed by atoms with Crippen molar-refractivity contribution in [2.45, 2.75) is 33.4 Å². The number of anilines is 1. The molecular formula is C20H25N3. The zero-order valence-electron chi connectivity index (χ0n) is 14.1. The van der Waals surface area contributed by atoms with Crippen molar-refractivity contribution < 1.29 is 0 Å². The number of rotatable bonds is 3. The lowest BCUT2D eigenvalue weighted by molar-refractivity contribution is 0.714. The number of benzene rings is 2. The molecule has 0 bridgehead atoms. The van der Waals surface area contributed by atoms with Crippen molar-refractivity contribution in [3.05, 3.63) is 65.2 Å². The van der Waals surface area contributed by atoms with Gasteiger partial charge >= 0.3 is 0 Å². The minimum absolute atomic E-state index is 0.325. The average molecular weight is 307 g/mol. The minimum Gasteiger partial charge on any atom is -0.396 e. The summed E-state index contributed by atoms with van der Waals surface area (Å²) in [7, 11) is 0. The summed E-state index contributed by atoms with van der Waals surface area (Å²) in [6.45, 7) is 8.32. The molecule has 1 heterocycles. The molecule has 0 amide bonds. The summed E-state index contributed by atoms with van der Waals surface area (Å²) in [6, 6.07) is 17.3. The molecule has 0 fully saturated rings. The van der Waals surface area contributed by atoms with Crippen molar-refractivity contribution in [1.82, 2.24) is 5.32 Å². The van der Waals surface area contributed by atoms with E-state index in [2.05, 4.69) is 79.5 Å². The van der Waals surface area contributed by atoms with Crippen LogP contribution >= 0.6 is 0 Å². The molecule has 0 spiro atoms. The lowest BCUT2D eigenvalue weighted by Gasteiger charge is -2.31. The summed E-state index contributed by atoms with van der Waals surface area (Å²) in [5, 5.41) is 3.57. The van der Waals surface area contributed by atoms with Gasteiger partial charge in [-0.15, -0.1) is 0 Å². The molecule has 1 aliphatic rings. The van der Waals surface area contributed by atoms with Crippen molar-refractivity contribution in [2.75, 3.05) is 11.4 Å². The van der Waals surface area contributed by atoms with E-state index < -0.39 is 0 Å². The maximum absolute atomic E-state index is 6.63. The van der Waals surface area contributed by atoms with Crippen molar-refractivity contribution in [2.24, 2.45) is 5.73 Å². The molecule has 0 aromatic heterocycles. The van der Waals surface area contributed by atoms with Gasteiger partial charge in [0.2, 0.25) is 0 Å². The first-order valence-electron chi connectivity index (χ1n) is 8.30. The Morgan fingerprint density at radius 3 is 2.39 bits per heavy atom. The first-order valence-corrected chi connectivity index (χ1v) is 8.30. The van der Waals surface area contributed by atoms with Gasteiger partial charge in [-0.3, -0.25) is 0 Å². The second-order valence-electron chi connectivity index (χ2n) is 6.28. The van der Waals surface area contributed by atoms with Gasteiger partial charge < -0.3 is 16.0 Å². The lowest BCUT2D eigenvalue weighted by atomic mass is 9.96. The van der Waals surface area contributed by atoms with Crippen molar-refractivity contribution in [3.8, 4) is 0 Å². The van der Waals surface area contributed by atoms with Gasteiger partial charge in [0.15, 0.2) is 0 Å². The monoisotopic (exact) mass is 307 g/mol. The van der Waals surface area contributed by atoms with Crippen LogP contribution in [0, 0.1) is 0 Å². The van der Waals surface area contributed by atoms with E-state index in [1.807, 2.05) is 0 Å². The van der Waals surface area contributed by atoms with E-state index in [4.69, 9.17) is 5.73 Å². The minimum atomic E-state index is 0.325. The Morgan fingerprint density at radius 1 is 1.04 bits per heavy atom. The third kappa shape index (κ3) is 2.91. The molecule has 3 nitrogen and oxygen atoms in total. The van der Waals surface area contributed by atoms with Crippen LogP contribution in [0.2, 0.25) is 0 Å². The van der Waals surface area contributed by atoms with Gasteiger partial charge in [-0.05, 0) is 32.4 Å². The second kappa shape index (κ2) is 6.37. The molecule has 23 heavy (non-hydrogen) atoms. The van der Waals surface area contributed by atoms with Crippen LogP contribution in [0.15, 0.2) is 48.5 Å². The molecular weight excluding hydrogens is 282 g/mol. The molecule has 2 aromatic carbocycles. The van der Waals surface area contributed by atoms with Gasteiger partial charge in [0.1, 0.15) is 0 Å². The fraction of sp³-hybridized carbons (Fsp3) is 0.300. The molecule has 2 aromatic rings. The molecule has 0 saturated carbocycles. The SMILES string of the molecule is CCN1Cc2ccccc2/C(NC(C)C)=C(/N)c2ccccc21. The van der Waals surface area contributed by atoms with Crippen LogP contribution in [0.1, 0.15) is 37.5 Å². The molecule has 0 aliphatic carbocycles. The Labute approximate surface area is 138 Å². The number of hydrogen-bond acceptors (Lipinski definition) is 3. The largest absolute Gasteiger partial charge is 0.396 e. The molecule has 0 saturated heterocycles. The summed E-state index contributed by atoms with van der Waals surface area (Å²) in [4.78, 5) is 2.38. The van der Waals surface area contributed by atoms with Crippen LogP contribution in [0.4, 0.5) is 5.69 Å². The summed E-state index contributed by atoms with van der Waals surface area (Å²) in [5.41, 5.74) is 13.3. The van der Waals surface area contributed by atoms with Crippen LogP contribution in [0.25, 0.3) is 11.4 Å². The maximum atomic E-state index is 6.63. The van der Waals surface area contributed by atoms with Crippen LogP contribution in [-0.2, 0) is 6.54 Å². The number of hydrogen-bond donors (Lipinski definition) is 2. The van der Waals surface area contributed by atoms with Crippen LogP contribution in [-0.4, -0.2) is 12.6 Å². The van der Waals surface area contributed by atoms with Gasteiger partial charge in [0.05, 0.1) is 11.4 Å². The van der Waals surface area contributed by atoms with Gasteiger partial charge in [-0.25, -0.2) is 0 Å². The highest BCUT2D eigenvalue weighted by Gasteiger charge is 2.21. The molecule has 3 N–H and O–H groups in total. The Bertz CT molecular complexity index is 731. The Morgan fingerprint density at radius 2 is 1.70 bits per heavy atom. The number of nitrogens with one attached hydrogen (secondary N) is 1. The summed E-state index contributed by atoms with van der Waals surface area (Å²) < 4.78 is 0. The maximum Gasteiger partial charge on any atom is 0.0659 e. The second-order valence-corrected chi connectivity index (χ2v) is 6.28. The summed E-state index contributed by atoms with van der Waals surface area (Å²) >= 11 is 0. The molecule has 1 aliphatic heterocycles. The third-order valence-electron chi connectivity index (χ3n) is 4.27. The number of para-hydroxylation sites is 1. The molecule has 0 atom stereocenters. The number of nitrogens with two attached hydrogens (primary N) is 1. The van der Waals surface area contributed by atoms with Crippen LogP contribution in [0.5, 0.6) is 0 Å². The van der Waals surface area contributed by atoms with Gasteiger partial charge in [-0.1, -0.05) is 42.5 Å². The molecule has 3 heteroatoms. The van der Waals surface area contributed by atoms with Crippen molar-refractivity contribution in [3.63, 3.8) is 0 Å². The first kappa shape index (κ1) is 15.5. The van der Waals surface area contributed by atoms with E-state index in [1.54, 1.807) is 0 Å². The Kier molecular flexibility index (Phi) is 4.28. The highest BCUT2D eigenvalue weighted by Crippen LogP contribution is 2.34. The predicted molar refractivity (Wildman–Crippen MR) is 98.9 cm³/mol. The fourth-order valence-electron chi connectivity index (χ4n) is 3.18. The topological polar surface area (TPSA) is 41.3 Å². The van der Waals surface area contributed by atoms with E-state index in [0.29, 0.717) is 6.04 Å². The van der Waals surface area contributed by atoms with Crippen LogP contribution < -0.4 is 16.0 Å². The van der Waals surface area contributed by atoms with E-state index in [0.717, 1.165) is 30.0 Å². The zero-order chi connectivity index (χ0) is 16.4. The third-order valence-corrected chi connectivity index (χ3v) is 4.27. The van der Waals surface area contributed by atoms with Crippen molar-refractivity contribution in [1.29, 1.82) is 0 Å². The number of fused-ring (bicyclic) bond motifs is 2. The Balaban J connectivity index is 2.28. The Hall–Kier alpha value is -2.42. The smallest absolute Gasteiger partial charge is 0.0659 e.